The molecule has 3 heteroatoms. The molecule has 61 heavy (non-hydrogen) atoms. The first-order valence-electron chi connectivity index (χ1n) is 20.7. The Balaban J connectivity index is 0.971. The summed E-state index contributed by atoms with van der Waals surface area (Å²) >= 11 is 3.73. The van der Waals surface area contributed by atoms with Crippen molar-refractivity contribution in [1.29, 1.82) is 0 Å². The van der Waals surface area contributed by atoms with Crippen molar-refractivity contribution < 1.29 is 0 Å². The van der Waals surface area contributed by atoms with E-state index in [-0.39, 0.29) is 0 Å². The summed E-state index contributed by atoms with van der Waals surface area (Å²) in [5.41, 5.74) is 13.0. The van der Waals surface area contributed by atoms with E-state index in [4.69, 9.17) is 0 Å². The van der Waals surface area contributed by atoms with E-state index in [1.54, 1.807) is 0 Å². The summed E-state index contributed by atoms with van der Waals surface area (Å²) in [5.74, 6) is 0. The first kappa shape index (κ1) is 35.6. The molecule has 2 aromatic heterocycles. The molecule has 0 bridgehead atoms. The highest BCUT2D eigenvalue weighted by Crippen LogP contribution is 2.45. The molecule has 286 valence electrons. The van der Waals surface area contributed by atoms with Gasteiger partial charge in [-0.05, 0) is 116 Å². The third kappa shape index (κ3) is 6.29. The molecular weight excluding hydrogens is 775 g/mol. The molecule has 0 unspecified atom stereocenters. The van der Waals surface area contributed by atoms with Crippen molar-refractivity contribution in [3.8, 4) is 44.5 Å². The van der Waals surface area contributed by atoms with Crippen LogP contribution in [0.25, 0.3) is 95.6 Å². The second-order valence-corrected chi connectivity index (χ2v) is 17.8. The van der Waals surface area contributed by atoms with Gasteiger partial charge in [0.15, 0.2) is 0 Å². The van der Waals surface area contributed by atoms with E-state index in [1.807, 2.05) is 22.7 Å². The average molecular weight is 812 g/mol. The second-order valence-electron chi connectivity index (χ2n) is 15.7. The van der Waals surface area contributed by atoms with E-state index in [0.717, 1.165) is 17.1 Å². The fourth-order valence-corrected chi connectivity index (χ4v) is 11.3. The normalized spacial score (nSPS) is 11.6. The molecule has 10 aromatic carbocycles. The summed E-state index contributed by atoms with van der Waals surface area (Å²) in [5, 5.41) is 7.75. The molecular formula is C58H37NS2. The van der Waals surface area contributed by atoms with Crippen molar-refractivity contribution in [2.75, 3.05) is 4.90 Å². The van der Waals surface area contributed by atoms with Gasteiger partial charge in [-0.3, -0.25) is 0 Å². The number of fused-ring (bicyclic) bond motifs is 7. The largest absolute Gasteiger partial charge is 0.310 e. The number of hydrogen-bond donors (Lipinski definition) is 0. The van der Waals surface area contributed by atoms with E-state index >= 15 is 0 Å². The van der Waals surface area contributed by atoms with Crippen LogP contribution in [0.15, 0.2) is 224 Å². The Bertz CT molecular complexity index is 3590. The summed E-state index contributed by atoms with van der Waals surface area (Å²) in [6.45, 7) is 0. The van der Waals surface area contributed by atoms with Gasteiger partial charge in [0.2, 0.25) is 0 Å². The molecule has 0 saturated carbocycles. The molecule has 0 fully saturated rings. The minimum absolute atomic E-state index is 1.10. The predicted octanol–water partition coefficient (Wildman–Crippen LogP) is 17.7. The van der Waals surface area contributed by atoms with Gasteiger partial charge in [0.1, 0.15) is 0 Å². The van der Waals surface area contributed by atoms with Crippen molar-refractivity contribution >= 4 is 90.9 Å². The van der Waals surface area contributed by atoms with Crippen LogP contribution in [-0.4, -0.2) is 0 Å². The number of hydrogen-bond acceptors (Lipinski definition) is 3. The number of rotatable bonds is 7. The van der Waals surface area contributed by atoms with Gasteiger partial charge in [0, 0.05) is 57.3 Å². The Morgan fingerprint density at radius 2 is 0.754 bits per heavy atom. The molecule has 12 rings (SSSR count). The van der Waals surface area contributed by atoms with E-state index < -0.39 is 0 Å². The Labute approximate surface area is 362 Å². The molecule has 0 spiro atoms. The molecule has 0 amide bonds. The van der Waals surface area contributed by atoms with E-state index in [1.165, 1.54) is 95.6 Å². The maximum Gasteiger partial charge on any atom is 0.0540 e. The maximum atomic E-state index is 2.42. The summed E-state index contributed by atoms with van der Waals surface area (Å²) in [6.07, 6.45) is 0. The topological polar surface area (TPSA) is 3.24 Å². The molecule has 0 atom stereocenters. The van der Waals surface area contributed by atoms with Crippen LogP contribution in [0.2, 0.25) is 0 Å². The quantitative estimate of drug-likeness (QED) is 0.155. The maximum absolute atomic E-state index is 2.42. The summed E-state index contributed by atoms with van der Waals surface area (Å²) in [4.78, 5) is 2.42. The standard InChI is InChI=1S/C58H37NS2/c1-2-12-41-35-43(22-21-38(41)11-1)48-14-4-3-13-47(48)40-25-31-46(32-26-40)59(45-29-23-39(24-30-45)42-27-33-52-50-16-6-9-19-55(50)61-58(52)37-42)54-18-8-5-15-49(54)44-28-34-57-53(36-44)51-17-7-10-20-56(51)60-57/h1-37H. The fraction of sp³-hybridized carbons (Fsp3) is 0. The zero-order valence-corrected chi connectivity index (χ0v) is 34.8. The van der Waals surface area contributed by atoms with Gasteiger partial charge in [-0.25, -0.2) is 0 Å². The van der Waals surface area contributed by atoms with E-state index in [0.29, 0.717) is 0 Å². The van der Waals surface area contributed by atoms with Crippen molar-refractivity contribution in [3.63, 3.8) is 0 Å². The molecule has 0 radical (unpaired) electrons. The second kappa shape index (κ2) is 14.8. The molecule has 0 saturated heterocycles. The van der Waals surface area contributed by atoms with Crippen molar-refractivity contribution in [2.45, 2.75) is 0 Å². The lowest BCUT2D eigenvalue weighted by Gasteiger charge is -2.28. The van der Waals surface area contributed by atoms with Gasteiger partial charge in [0.25, 0.3) is 0 Å². The fourth-order valence-electron chi connectivity index (χ4n) is 9.08. The van der Waals surface area contributed by atoms with Crippen LogP contribution in [0.3, 0.4) is 0 Å². The van der Waals surface area contributed by atoms with Crippen molar-refractivity contribution in [2.24, 2.45) is 0 Å². The zero-order chi connectivity index (χ0) is 40.3. The van der Waals surface area contributed by atoms with Crippen LogP contribution >= 0.6 is 22.7 Å². The Morgan fingerprint density at radius 3 is 1.51 bits per heavy atom. The number of nitrogens with zero attached hydrogens (tertiary/aromatic N) is 1. The number of benzene rings is 10. The van der Waals surface area contributed by atoms with Crippen LogP contribution in [0, 0.1) is 0 Å². The zero-order valence-electron chi connectivity index (χ0n) is 33.1. The summed E-state index contributed by atoms with van der Waals surface area (Å²) in [6, 6.07) is 82.5. The van der Waals surface area contributed by atoms with Crippen molar-refractivity contribution in [1.82, 2.24) is 0 Å². The minimum Gasteiger partial charge on any atom is -0.310 e. The van der Waals surface area contributed by atoms with E-state index in [2.05, 4.69) is 229 Å². The molecule has 0 aliphatic heterocycles. The third-order valence-corrected chi connectivity index (χ3v) is 14.4. The molecule has 1 nitrogen and oxygen atoms in total. The lowest BCUT2D eigenvalue weighted by atomic mass is 9.93. The lowest BCUT2D eigenvalue weighted by molar-refractivity contribution is 1.28. The first-order valence-corrected chi connectivity index (χ1v) is 22.4. The molecule has 0 aliphatic carbocycles. The van der Waals surface area contributed by atoms with E-state index in [9.17, 15) is 0 Å². The number of para-hydroxylation sites is 1. The monoisotopic (exact) mass is 811 g/mol. The Hall–Kier alpha value is -7.30. The highest BCUT2D eigenvalue weighted by Gasteiger charge is 2.19. The van der Waals surface area contributed by atoms with Gasteiger partial charge >= 0.3 is 0 Å². The molecule has 0 N–H and O–H groups in total. The SMILES string of the molecule is c1ccc(-c2ccc3ccccc3c2)c(-c2ccc(N(c3ccc(-c4ccc5c(c4)sc4ccccc45)cc3)c3ccccc3-c3ccc4sc5ccccc5c4c3)cc2)c1. The molecule has 2 heterocycles. The summed E-state index contributed by atoms with van der Waals surface area (Å²) < 4.78 is 5.27. The van der Waals surface area contributed by atoms with Gasteiger partial charge < -0.3 is 4.90 Å². The van der Waals surface area contributed by atoms with Gasteiger partial charge in [-0.15, -0.1) is 22.7 Å². The molecule has 0 aliphatic rings. The predicted molar refractivity (Wildman–Crippen MR) is 266 cm³/mol. The minimum atomic E-state index is 1.10. The van der Waals surface area contributed by atoms with Crippen LogP contribution in [0.1, 0.15) is 0 Å². The molecule has 12 aromatic rings. The third-order valence-electron chi connectivity index (χ3n) is 12.1. The van der Waals surface area contributed by atoms with Crippen LogP contribution in [0.5, 0.6) is 0 Å². The summed E-state index contributed by atoms with van der Waals surface area (Å²) in [7, 11) is 0. The van der Waals surface area contributed by atoms with Crippen LogP contribution in [0.4, 0.5) is 17.1 Å². The van der Waals surface area contributed by atoms with Gasteiger partial charge in [0.05, 0.1) is 5.69 Å². The highest BCUT2D eigenvalue weighted by atomic mass is 32.1. The Morgan fingerprint density at radius 1 is 0.262 bits per heavy atom. The number of thiophene rings is 2. The van der Waals surface area contributed by atoms with Gasteiger partial charge in [-0.1, -0.05) is 158 Å². The van der Waals surface area contributed by atoms with Crippen LogP contribution < -0.4 is 4.90 Å². The Kier molecular flexibility index (Phi) is 8.62. The van der Waals surface area contributed by atoms with Gasteiger partial charge in [-0.2, -0.15) is 0 Å². The number of anilines is 3. The smallest absolute Gasteiger partial charge is 0.0540 e. The van der Waals surface area contributed by atoms with Crippen molar-refractivity contribution in [3.05, 3.63) is 224 Å². The highest BCUT2D eigenvalue weighted by molar-refractivity contribution is 7.26. The average Bonchev–Trinajstić information content (AvgIpc) is 3.90. The first-order chi connectivity index (χ1) is 30.2. The van der Waals surface area contributed by atoms with Crippen LogP contribution in [-0.2, 0) is 0 Å². The lowest BCUT2D eigenvalue weighted by Crippen LogP contribution is -2.11.